The molecule has 20 heavy (non-hydrogen) atoms. The first-order valence-corrected chi connectivity index (χ1v) is 9.56. The molecule has 1 aromatic rings. The molecule has 3 nitrogen and oxygen atoms in total. The van der Waals surface area contributed by atoms with Crippen molar-refractivity contribution in [2.24, 2.45) is 5.73 Å². The van der Waals surface area contributed by atoms with Gasteiger partial charge in [0, 0.05) is 28.5 Å². The van der Waals surface area contributed by atoms with Crippen LogP contribution in [0.1, 0.15) is 30.7 Å². The molecular weight excluding hydrogens is 402 g/mol. The van der Waals surface area contributed by atoms with E-state index in [1.54, 1.807) is 11.3 Å². The van der Waals surface area contributed by atoms with Crippen LogP contribution in [-0.2, 0) is 0 Å². The van der Waals surface area contributed by atoms with E-state index in [1.807, 2.05) is 0 Å². The van der Waals surface area contributed by atoms with Crippen LogP contribution in [0.5, 0.6) is 0 Å². The number of halogens is 2. The summed E-state index contributed by atoms with van der Waals surface area (Å²) in [4.78, 5) is 6.34. The van der Waals surface area contributed by atoms with Crippen molar-refractivity contribution < 1.29 is 0 Å². The Hall–Kier alpha value is 0.540. The van der Waals surface area contributed by atoms with E-state index in [-0.39, 0.29) is 0 Å². The average Bonchev–Trinajstić information content (AvgIpc) is 2.98. The third-order valence-electron chi connectivity index (χ3n) is 4.15. The summed E-state index contributed by atoms with van der Waals surface area (Å²) < 4.78 is 2.27. The third kappa shape index (κ3) is 3.84. The second-order valence-electron chi connectivity index (χ2n) is 5.39. The number of hydrogen-bond acceptors (Lipinski definition) is 4. The lowest BCUT2D eigenvalue weighted by Gasteiger charge is -2.32. The summed E-state index contributed by atoms with van der Waals surface area (Å²) in [6, 6.07) is 3.18. The summed E-state index contributed by atoms with van der Waals surface area (Å²) in [5.41, 5.74) is 6.03. The molecule has 2 rings (SSSR count). The normalized spacial score (nSPS) is 21.8. The van der Waals surface area contributed by atoms with Crippen molar-refractivity contribution in [3.63, 3.8) is 0 Å². The van der Waals surface area contributed by atoms with Crippen molar-refractivity contribution in [3.05, 3.63) is 19.2 Å². The lowest BCUT2D eigenvalue weighted by molar-refractivity contribution is 0.167. The summed E-state index contributed by atoms with van der Waals surface area (Å²) in [7, 11) is 2.20. The Morgan fingerprint density at radius 3 is 2.85 bits per heavy atom. The van der Waals surface area contributed by atoms with E-state index in [9.17, 15) is 0 Å². The Bertz CT molecular complexity index is 419. The molecular formula is C14H23Br2N3S. The predicted molar refractivity (Wildman–Crippen MR) is 94.4 cm³/mol. The minimum atomic E-state index is 0.307. The number of nitrogens with zero attached hydrogens (tertiary/aromatic N) is 2. The van der Waals surface area contributed by atoms with Crippen LogP contribution in [0, 0.1) is 0 Å². The fourth-order valence-electron chi connectivity index (χ4n) is 3.02. The summed E-state index contributed by atoms with van der Waals surface area (Å²) in [6.07, 6.45) is 2.64. The molecule has 1 aliphatic heterocycles. The van der Waals surface area contributed by atoms with E-state index >= 15 is 0 Å². The maximum atomic E-state index is 6.03. The number of rotatable bonds is 6. The van der Waals surface area contributed by atoms with Gasteiger partial charge in [0.15, 0.2) is 0 Å². The first-order valence-electron chi connectivity index (χ1n) is 7.15. The zero-order chi connectivity index (χ0) is 14.7. The van der Waals surface area contributed by atoms with Crippen LogP contribution < -0.4 is 5.73 Å². The van der Waals surface area contributed by atoms with Gasteiger partial charge in [-0.05, 0) is 70.9 Å². The second kappa shape index (κ2) is 7.70. The van der Waals surface area contributed by atoms with E-state index in [0.29, 0.717) is 18.6 Å². The molecule has 2 heterocycles. The SMILES string of the molecule is CCN1CCCC1CN(C)C(CN)c1cc(Br)c(Br)s1. The molecule has 1 saturated heterocycles. The molecule has 0 spiro atoms. The third-order valence-corrected chi connectivity index (χ3v) is 7.51. The molecule has 0 bridgehead atoms. The fraction of sp³-hybridized carbons (Fsp3) is 0.714. The number of hydrogen-bond donors (Lipinski definition) is 1. The van der Waals surface area contributed by atoms with Gasteiger partial charge in [-0.1, -0.05) is 6.92 Å². The van der Waals surface area contributed by atoms with Crippen molar-refractivity contribution >= 4 is 43.2 Å². The van der Waals surface area contributed by atoms with Gasteiger partial charge in [-0.25, -0.2) is 0 Å². The smallest absolute Gasteiger partial charge is 0.0843 e. The molecule has 0 aliphatic carbocycles. The molecule has 2 atom stereocenters. The average molecular weight is 425 g/mol. The number of nitrogens with two attached hydrogens (primary N) is 1. The van der Waals surface area contributed by atoms with Gasteiger partial charge >= 0.3 is 0 Å². The monoisotopic (exact) mass is 423 g/mol. The quantitative estimate of drug-likeness (QED) is 0.755. The van der Waals surface area contributed by atoms with Crippen LogP contribution in [0.2, 0.25) is 0 Å². The first kappa shape index (κ1) is 16.9. The maximum absolute atomic E-state index is 6.03. The Morgan fingerprint density at radius 2 is 2.30 bits per heavy atom. The van der Waals surface area contributed by atoms with E-state index < -0.39 is 0 Å². The Kier molecular flexibility index (Phi) is 6.51. The summed E-state index contributed by atoms with van der Waals surface area (Å²) in [5.74, 6) is 0. The van der Waals surface area contributed by atoms with Crippen molar-refractivity contribution in [1.29, 1.82) is 0 Å². The zero-order valence-electron chi connectivity index (χ0n) is 12.1. The molecule has 0 saturated carbocycles. The highest BCUT2D eigenvalue weighted by atomic mass is 79.9. The Morgan fingerprint density at radius 1 is 1.55 bits per heavy atom. The molecule has 1 fully saturated rings. The minimum absolute atomic E-state index is 0.307. The molecule has 0 radical (unpaired) electrons. The van der Waals surface area contributed by atoms with E-state index in [2.05, 4.69) is 61.7 Å². The predicted octanol–water partition coefficient (Wildman–Crippen LogP) is 3.69. The highest BCUT2D eigenvalue weighted by Crippen LogP contribution is 2.37. The first-order chi connectivity index (χ1) is 9.56. The molecule has 1 aliphatic rings. The molecule has 6 heteroatoms. The number of thiophene rings is 1. The summed E-state index contributed by atoms with van der Waals surface area (Å²) in [6.45, 7) is 6.42. The second-order valence-corrected chi connectivity index (χ2v) is 8.64. The van der Waals surface area contributed by atoms with Crippen molar-refractivity contribution in [2.75, 3.05) is 33.2 Å². The lowest BCUT2D eigenvalue weighted by atomic mass is 10.1. The van der Waals surface area contributed by atoms with Gasteiger partial charge in [-0.3, -0.25) is 9.80 Å². The summed E-state index contributed by atoms with van der Waals surface area (Å²) in [5, 5.41) is 0. The molecule has 0 amide bonds. The molecule has 1 aromatic heterocycles. The van der Waals surface area contributed by atoms with E-state index in [4.69, 9.17) is 5.73 Å². The summed E-state index contributed by atoms with van der Waals surface area (Å²) >= 11 is 8.92. The zero-order valence-corrected chi connectivity index (χ0v) is 16.1. The van der Waals surface area contributed by atoms with Crippen molar-refractivity contribution in [3.8, 4) is 0 Å². The minimum Gasteiger partial charge on any atom is -0.329 e. The number of likely N-dealkylation sites (N-methyl/N-ethyl adjacent to an activating group) is 2. The fourth-order valence-corrected chi connectivity index (χ4v) is 5.29. The van der Waals surface area contributed by atoms with Gasteiger partial charge in [0.25, 0.3) is 0 Å². The van der Waals surface area contributed by atoms with Gasteiger partial charge < -0.3 is 5.73 Å². The van der Waals surface area contributed by atoms with Crippen LogP contribution in [0.25, 0.3) is 0 Å². The lowest BCUT2D eigenvalue weighted by Crippen LogP contribution is -2.41. The van der Waals surface area contributed by atoms with E-state index in [0.717, 1.165) is 21.3 Å². The van der Waals surface area contributed by atoms with Crippen LogP contribution in [0.3, 0.4) is 0 Å². The number of likely N-dealkylation sites (tertiary alicyclic amines) is 1. The highest BCUT2D eigenvalue weighted by Gasteiger charge is 2.27. The molecule has 2 unspecified atom stereocenters. The van der Waals surface area contributed by atoms with Crippen molar-refractivity contribution in [2.45, 2.75) is 31.8 Å². The standard InChI is InChI=1S/C14H23Br2N3S/c1-3-19-6-4-5-10(19)9-18(2)12(8-17)13-7-11(15)14(16)20-13/h7,10,12H,3-6,8-9,17H2,1-2H3. The molecule has 2 N–H and O–H groups in total. The topological polar surface area (TPSA) is 32.5 Å². The Balaban J connectivity index is 2.03. The van der Waals surface area contributed by atoms with Crippen LogP contribution in [0.4, 0.5) is 0 Å². The van der Waals surface area contributed by atoms with Crippen molar-refractivity contribution in [1.82, 2.24) is 9.80 Å². The highest BCUT2D eigenvalue weighted by molar-refractivity contribution is 9.13. The van der Waals surface area contributed by atoms with Gasteiger partial charge in [-0.2, -0.15) is 0 Å². The van der Waals surface area contributed by atoms with Crippen LogP contribution in [-0.4, -0.2) is 49.1 Å². The van der Waals surface area contributed by atoms with Gasteiger partial charge in [0.1, 0.15) is 0 Å². The van der Waals surface area contributed by atoms with Gasteiger partial charge in [-0.15, -0.1) is 11.3 Å². The van der Waals surface area contributed by atoms with Gasteiger partial charge in [0.05, 0.1) is 9.83 Å². The van der Waals surface area contributed by atoms with Crippen LogP contribution in [0.15, 0.2) is 14.3 Å². The maximum Gasteiger partial charge on any atom is 0.0843 e. The van der Waals surface area contributed by atoms with Crippen LogP contribution >= 0.6 is 43.2 Å². The Labute approximate surface area is 142 Å². The van der Waals surface area contributed by atoms with Gasteiger partial charge in [0.2, 0.25) is 0 Å². The largest absolute Gasteiger partial charge is 0.329 e. The molecule has 114 valence electrons. The molecule has 0 aromatic carbocycles. The van der Waals surface area contributed by atoms with E-state index in [1.165, 1.54) is 24.3 Å².